The molecule has 0 saturated heterocycles. The molecule has 1 heterocycles. The van der Waals surface area contributed by atoms with Gasteiger partial charge >= 0.3 is 11.6 Å². The van der Waals surface area contributed by atoms with Crippen LogP contribution in [0.15, 0.2) is 33.5 Å². The lowest BCUT2D eigenvalue weighted by atomic mass is 10.1. The van der Waals surface area contributed by atoms with E-state index >= 15 is 0 Å². The van der Waals surface area contributed by atoms with Crippen molar-refractivity contribution in [1.29, 1.82) is 0 Å². The minimum atomic E-state index is -0.724. The molecular formula is C11H9NO4. The molecule has 0 saturated carbocycles. The quantitative estimate of drug-likeness (QED) is 0.442. The Morgan fingerprint density at radius 3 is 2.81 bits per heavy atom. The second-order valence-electron chi connectivity index (χ2n) is 3.24. The zero-order valence-electron chi connectivity index (χ0n) is 8.52. The van der Waals surface area contributed by atoms with Gasteiger partial charge in [-0.05, 0) is 24.3 Å². The molecule has 0 aliphatic carbocycles. The minimum Gasteiger partial charge on any atom is -0.465 e. The number of anilines is 1. The highest BCUT2D eigenvalue weighted by molar-refractivity contribution is 5.93. The zero-order chi connectivity index (χ0) is 11.7. The van der Waals surface area contributed by atoms with E-state index in [0.717, 1.165) is 0 Å². The predicted octanol–water partition coefficient (Wildman–Crippen LogP) is 1.16. The third kappa shape index (κ3) is 1.63. The number of ether oxygens (including phenoxy) is 1. The summed E-state index contributed by atoms with van der Waals surface area (Å²) in [6.07, 6.45) is 0. The van der Waals surface area contributed by atoms with E-state index in [9.17, 15) is 9.59 Å². The van der Waals surface area contributed by atoms with Crippen LogP contribution in [0.5, 0.6) is 0 Å². The Bertz CT molecular complexity index is 615. The summed E-state index contributed by atoms with van der Waals surface area (Å²) in [4.78, 5) is 22.7. The van der Waals surface area contributed by atoms with Gasteiger partial charge in [0, 0.05) is 11.1 Å². The molecule has 0 aliphatic rings. The maximum Gasteiger partial charge on any atom is 0.351 e. The second kappa shape index (κ2) is 3.69. The van der Waals surface area contributed by atoms with Gasteiger partial charge in [-0.15, -0.1) is 0 Å². The number of nitrogen functional groups attached to an aromatic ring is 1. The lowest BCUT2D eigenvalue weighted by molar-refractivity contribution is 0.0596. The second-order valence-corrected chi connectivity index (χ2v) is 3.24. The molecule has 0 atom stereocenters. The van der Waals surface area contributed by atoms with Crippen molar-refractivity contribution in [1.82, 2.24) is 0 Å². The number of rotatable bonds is 1. The maximum atomic E-state index is 11.4. The number of fused-ring (bicyclic) bond motifs is 1. The van der Waals surface area contributed by atoms with Crippen molar-refractivity contribution in [2.45, 2.75) is 0 Å². The third-order valence-corrected chi connectivity index (χ3v) is 2.16. The van der Waals surface area contributed by atoms with Crippen LogP contribution >= 0.6 is 0 Å². The molecule has 0 radical (unpaired) electrons. The summed E-state index contributed by atoms with van der Waals surface area (Å²) in [5.41, 5.74) is 5.63. The summed E-state index contributed by atoms with van der Waals surface area (Å²) in [5, 5.41) is 0.583. The number of esters is 1. The van der Waals surface area contributed by atoms with Crippen molar-refractivity contribution in [2.24, 2.45) is 0 Å². The van der Waals surface area contributed by atoms with Crippen molar-refractivity contribution in [3.05, 3.63) is 40.2 Å². The van der Waals surface area contributed by atoms with Crippen LogP contribution in [-0.2, 0) is 4.74 Å². The van der Waals surface area contributed by atoms with Gasteiger partial charge in [0.2, 0.25) is 0 Å². The highest BCUT2D eigenvalue weighted by Crippen LogP contribution is 2.16. The fourth-order valence-electron chi connectivity index (χ4n) is 1.39. The minimum absolute atomic E-state index is 0.138. The molecule has 5 heteroatoms. The zero-order valence-corrected chi connectivity index (χ0v) is 8.52. The summed E-state index contributed by atoms with van der Waals surface area (Å²) in [6.45, 7) is 0. The monoisotopic (exact) mass is 219 g/mol. The SMILES string of the molecule is COC(=O)c1cc2cc(N)ccc2oc1=O. The standard InChI is InChI=1S/C11H9NO4/c1-15-10(13)8-5-6-4-7(12)2-3-9(6)16-11(8)14/h2-5H,12H2,1H3. The molecule has 1 aromatic heterocycles. The molecule has 2 aromatic rings. The fourth-order valence-corrected chi connectivity index (χ4v) is 1.39. The van der Waals surface area contributed by atoms with E-state index in [1.54, 1.807) is 18.2 Å². The first-order chi connectivity index (χ1) is 7.61. The molecule has 82 valence electrons. The highest BCUT2D eigenvalue weighted by Gasteiger charge is 2.13. The first kappa shape index (κ1) is 10.2. The number of carbonyl (C=O) groups excluding carboxylic acids is 1. The van der Waals surface area contributed by atoms with Gasteiger partial charge in [0.05, 0.1) is 7.11 Å². The number of benzene rings is 1. The summed E-state index contributed by atoms with van der Waals surface area (Å²) < 4.78 is 9.42. The molecule has 2 rings (SSSR count). The Hall–Kier alpha value is -2.30. The van der Waals surface area contributed by atoms with Crippen LogP contribution < -0.4 is 11.4 Å². The van der Waals surface area contributed by atoms with E-state index < -0.39 is 11.6 Å². The molecular weight excluding hydrogens is 210 g/mol. The van der Waals surface area contributed by atoms with E-state index in [2.05, 4.69) is 4.74 Å². The molecule has 16 heavy (non-hydrogen) atoms. The lowest BCUT2D eigenvalue weighted by Crippen LogP contribution is -2.14. The van der Waals surface area contributed by atoms with Crippen LogP contribution in [0.3, 0.4) is 0 Å². The van der Waals surface area contributed by atoms with Crippen LogP contribution in [0.1, 0.15) is 10.4 Å². The van der Waals surface area contributed by atoms with Crippen LogP contribution in [0.2, 0.25) is 0 Å². The normalized spacial score (nSPS) is 10.3. The van der Waals surface area contributed by atoms with Crippen molar-refractivity contribution >= 4 is 22.6 Å². The summed E-state index contributed by atoms with van der Waals surface area (Å²) in [7, 11) is 1.20. The summed E-state index contributed by atoms with van der Waals surface area (Å²) in [5.74, 6) is -0.724. The topological polar surface area (TPSA) is 82.5 Å². The van der Waals surface area contributed by atoms with Gasteiger partial charge in [0.25, 0.3) is 0 Å². The van der Waals surface area contributed by atoms with Crippen LogP contribution in [0.4, 0.5) is 5.69 Å². The van der Waals surface area contributed by atoms with Crippen LogP contribution in [0, 0.1) is 0 Å². The third-order valence-electron chi connectivity index (χ3n) is 2.16. The molecule has 0 unspecified atom stereocenters. The van der Waals surface area contributed by atoms with Gasteiger partial charge < -0.3 is 14.9 Å². The van der Waals surface area contributed by atoms with Crippen molar-refractivity contribution < 1.29 is 13.9 Å². The number of carbonyl (C=O) groups is 1. The molecule has 1 aromatic carbocycles. The smallest absolute Gasteiger partial charge is 0.351 e. The van der Waals surface area contributed by atoms with E-state index in [4.69, 9.17) is 10.2 Å². The van der Waals surface area contributed by atoms with Crippen LogP contribution in [-0.4, -0.2) is 13.1 Å². The lowest BCUT2D eigenvalue weighted by Gasteiger charge is -2.01. The molecule has 2 N–H and O–H groups in total. The highest BCUT2D eigenvalue weighted by atomic mass is 16.5. The van der Waals surface area contributed by atoms with Gasteiger partial charge in [-0.3, -0.25) is 0 Å². The van der Waals surface area contributed by atoms with Gasteiger partial charge in [-0.2, -0.15) is 0 Å². The van der Waals surface area contributed by atoms with Crippen molar-refractivity contribution in [2.75, 3.05) is 12.8 Å². The Labute approximate surface area is 90.4 Å². The summed E-state index contributed by atoms with van der Waals surface area (Å²) in [6, 6.07) is 6.21. The number of nitrogens with two attached hydrogens (primary N) is 1. The first-order valence-corrected chi connectivity index (χ1v) is 4.53. The fraction of sp³-hybridized carbons (Fsp3) is 0.0909. The number of hydrogen-bond donors (Lipinski definition) is 1. The van der Waals surface area contributed by atoms with Crippen molar-refractivity contribution in [3.8, 4) is 0 Å². The molecule has 0 fully saturated rings. The van der Waals surface area contributed by atoms with Crippen LogP contribution in [0.25, 0.3) is 11.0 Å². The molecule has 0 aliphatic heterocycles. The van der Waals surface area contributed by atoms with Gasteiger partial charge in [-0.25, -0.2) is 9.59 Å². The first-order valence-electron chi connectivity index (χ1n) is 4.53. The van der Waals surface area contributed by atoms with Crippen molar-refractivity contribution in [3.63, 3.8) is 0 Å². The largest absolute Gasteiger partial charge is 0.465 e. The van der Waals surface area contributed by atoms with E-state index in [1.165, 1.54) is 13.2 Å². The van der Waals surface area contributed by atoms with Gasteiger partial charge in [-0.1, -0.05) is 0 Å². The average Bonchev–Trinajstić information content (AvgIpc) is 2.28. The Kier molecular flexibility index (Phi) is 2.36. The molecule has 0 amide bonds. The Morgan fingerprint density at radius 1 is 1.38 bits per heavy atom. The Morgan fingerprint density at radius 2 is 2.12 bits per heavy atom. The molecule has 0 bridgehead atoms. The Balaban J connectivity index is 2.74. The molecule has 5 nitrogen and oxygen atoms in total. The number of hydrogen-bond acceptors (Lipinski definition) is 5. The average molecular weight is 219 g/mol. The van der Waals surface area contributed by atoms with E-state index in [-0.39, 0.29) is 5.56 Å². The van der Waals surface area contributed by atoms with Gasteiger partial charge in [0.1, 0.15) is 11.1 Å². The number of methoxy groups -OCH3 is 1. The van der Waals surface area contributed by atoms with E-state index in [1.807, 2.05) is 0 Å². The predicted molar refractivity (Wildman–Crippen MR) is 58.2 cm³/mol. The summed E-state index contributed by atoms with van der Waals surface area (Å²) >= 11 is 0. The maximum absolute atomic E-state index is 11.4. The van der Waals surface area contributed by atoms with E-state index in [0.29, 0.717) is 16.7 Å². The van der Waals surface area contributed by atoms with Gasteiger partial charge in [0.15, 0.2) is 0 Å². The molecule has 0 spiro atoms.